The van der Waals surface area contributed by atoms with Gasteiger partial charge in [-0.3, -0.25) is 9.36 Å². The number of hydrogen-bond donors (Lipinski definition) is 1. The summed E-state index contributed by atoms with van der Waals surface area (Å²) in [5.41, 5.74) is 1.96. The van der Waals surface area contributed by atoms with E-state index in [1.807, 2.05) is 73.7 Å². The van der Waals surface area contributed by atoms with E-state index in [-0.39, 0.29) is 17.8 Å². The molecule has 0 aliphatic heterocycles. The van der Waals surface area contributed by atoms with Crippen LogP contribution in [0.3, 0.4) is 0 Å². The number of urea groups is 1. The first-order valence-corrected chi connectivity index (χ1v) is 12.5. The van der Waals surface area contributed by atoms with Gasteiger partial charge in [-0.05, 0) is 48.4 Å². The number of aromatic nitrogens is 2. The fourth-order valence-electron chi connectivity index (χ4n) is 4.60. The molecule has 1 N–H and O–H groups in total. The second-order valence-electron chi connectivity index (χ2n) is 8.91. The molecule has 2 amide bonds. The molecule has 0 aliphatic rings. The van der Waals surface area contributed by atoms with E-state index in [0.717, 1.165) is 5.56 Å². The summed E-state index contributed by atoms with van der Waals surface area (Å²) in [4.78, 5) is 34.1. The Morgan fingerprint density at radius 3 is 2.24 bits per heavy atom. The van der Waals surface area contributed by atoms with Gasteiger partial charge in [0.25, 0.3) is 5.56 Å². The van der Waals surface area contributed by atoms with Gasteiger partial charge in [-0.2, -0.15) is 0 Å². The zero-order chi connectivity index (χ0) is 26.5. The third kappa shape index (κ3) is 5.04. The summed E-state index contributed by atoms with van der Waals surface area (Å²) in [7, 11) is 0. The predicted molar refractivity (Wildman–Crippen MR) is 148 cm³/mol. The van der Waals surface area contributed by atoms with Crippen LogP contribution >= 0.6 is 0 Å². The maximum atomic E-state index is 14.5. The van der Waals surface area contributed by atoms with Crippen molar-refractivity contribution in [2.24, 2.45) is 0 Å². The molecule has 1 atom stereocenters. The SMILES string of the molecule is CCC(c1nc2ccccc2c(=O)n1-c1ccccc1)N(Cc1ccccc1)C(=O)Nc1ccccc1F. The van der Waals surface area contributed by atoms with Crippen molar-refractivity contribution in [3.63, 3.8) is 0 Å². The molecule has 0 saturated carbocycles. The summed E-state index contributed by atoms with van der Waals surface area (Å²) in [5.74, 6) is -0.0967. The second-order valence-corrected chi connectivity index (χ2v) is 8.91. The van der Waals surface area contributed by atoms with Crippen LogP contribution in [0.1, 0.15) is 30.8 Å². The van der Waals surface area contributed by atoms with Crippen LogP contribution in [0.5, 0.6) is 0 Å². The number of rotatable bonds is 7. The fourth-order valence-corrected chi connectivity index (χ4v) is 4.60. The van der Waals surface area contributed by atoms with Gasteiger partial charge in [0.15, 0.2) is 0 Å². The van der Waals surface area contributed by atoms with E-state index >= 15 is 0 Å². The van der Waals surface area contributed by atoms with E-state index in [9.17, 15) is 14.0 Å². The maximum absolute atomic E-state index is 14.5. The third-order valence-electron chi connectivity index (χ3n) is 6.45. The van der Waals surface area contributed by atoms with Crippen molar-refractivity contribution in [3.05, 3.63) is 137 Å². The summed E-state index contributed by atoms with van der Waals surface area (Å²) >= 11 is 0. The molecule has 5 rings (SSSR count). The minimum absolute atomic E-state index is 0.0809. The number of carbonyl (C=O) groups excluding carboxylic acids is 1. The molecule has 1 heterocycles. The van der Waals surface area contributed by atoms with Crippen molar-refractivity contribution in [2.45, 2.75) is 25.9 Å². The smallest absolute Gasteiger partial charge is 0.310 e. The zero-order valence-corrected chi connectivity index (χ0v) is 20.9. The molecule has 7 heteroatoms. The molecule has 6 nitrogen and oxygen atoms in total. The minimum atomic E-state index is -0.598. The number of para-hydroxylation sites is 3. The van der Waals surface area contributed by atoms with E-state index in [2.05, 4.69) is 5.32 Å². The molecule has 0 bridgehead atoms. The lowest BCUT2D eigenvalue weighted by Gasteiger charge is -2.32. The van der Waals surface area contributed by atoms with E-state index < -0.39 is 17.9 Å². The molecule has 0 fully saturated rings. The number of anilines is 1. The van der Waals surface area contributed by atoms with Crippen LogP contribution < -0.4 is 10.9 Å². The monoisotopic (exact) mass is 506 g/mol. The van der Waals surface area contributed by atoms with Crippen LogP contribution in [0.25, 0.3) is 16.6 Å². The average Bonchev–Trinajstić information content (AvgIpc) is 2.95. The van der Waals surface area contributed by atoms with Gasteiger partial charge in [-0.25, -0.2) is 14.2 Å². The van der Waals surface area contributed by atoms with Crippen LogP contribution in [-0.2, 0) is 6.54 Å². The van der Waals surface area contributed by atoms with Gasteiger partial charge in [-0.15, -0.1) is 0 Å². The van der Waals surface area contributed by atoms with Crippen LogP contribution in [0, 0.1) is 5.82 Å². The summed E-state index contributed by atoms with van der Waals surface area (Å²) in [6.07, 6.45) is 0.467. The first-order chi connectivity index (χ1) is 18.6. The van der Waals surface area contributed by atoms with Crippen molar-refractivity contribution in [3.8, 4) is 5.69 Å². The van der Waals surface area contributed by atoms with Gasteiger partial charge in [0.1, 0.15) is 11.6 Å². The van der Waals surface area contributed by atoms with Gasteiger partial charge in [0, 0.05) is 6.54 Å². The van der Waals surface area contributed by atoms with E-state index in [0.29, 0.717) is 28.8 Å². The molecule has 4 aromatic carbocycles. The van der Waals surface area contributed by atoms with Crippen LogP contribution in [0.4, 0.5) is 14.9 Å². The van der Waals surface area contributed by atoms with Gasteiger partial charge in [-0.1, -0.05) is 79.7 Å². The summed E-state index contributed by atoms with van der Waals surface area (Å²) in [6.45, 7) is 2.17. The number of fused-ring (bicyclic) bond motifs is 1. The molecule has 0 radical (unpaired) electrons. The Morgan fingerprint density at radius 1 is 0.895 bits per heavy atom. The zero-order valence-electron chi connectivity index (χ0n) is 20.9. The lowest BCUT2D eigenvalue weighted by molar-refractivity contribution is 0.177. The van der Waals surface area contributed by atoms with E-state index in [1.165, 1.54) is 12.1 Å². The lowest BCUT2D eigenvalue weighted by atomic mass is 10.1. The highest BCUT2D eigenvalue weighted by atomic mass is 19.1. The van der Waals surface area contributed by atoms with Crippen LogP contribution in [0.2, 0.25) is 0 Å². The summed E-state index contributed by atoms with van der Waals surface area (Å²) in [5, 5.41) is 3.21. The number of carbonyl (C=O) groups is 1. The quantitative estimate of drug-likeness (QED) is 0.267. The van der Waals surface area contributed by atoms with Crippen molar-refractivity contribution < 1.29 is 9.18 Å². The van der Waals surface area contributed by atoms with Crippen LogP contribution in [-0.4, -0.2) is 20.5 Å². The van der Waals surface area contributed by atoms with E-state index in [1.54, 1.807) is 39.8 Å². The van der Waals surface area contributed by atoms with Gasteiger partial charge in [0.05, 0.1) is 28.3 Å². The number of amides is 2. The van der Waals surface area contributed by atoms with Gasteiger partial charge >= 0.3 is 6.03 Å². The molecular weight excluding hydrogens is 479 g/mol. The molecule has 5 aromatic rings. The van der Waals surface area contributed by atoms with Gasteiger partial charge in [0.2, 0.25) is 0 Å². The number of hydrogen-bond acceptors (Lipinski definition) is 3. The fraction of sp³-hybridized carbons (Fsp3) is 0.129. The molecule has 1 aromatic heterocycles. The van der Waals surface area contributed by atoms with Crippen LogP contribution in [0.15, 0.2) is 114 Å². The van der Waals surface area contributed by atoms with Crippen molar-refractivity contribution in [1.82, 2.24) is 14.5 Å². The van der Waals surface area contributed by atoms with Crippen molar-refractivity contribution >= 4 is 22.6 Å². The van der Waals surface area contributed by atoms with E-state index in [4.69, 9.17) is 4.98 Å². The Labute approximate surface area is 220 Å². The Balaban J connectivity index is 1.68. The molecule has 0 spiro atoms. The maximum Gasteiger partial charge on any atom is 0.322 e. The molecule has 0 saturated heterocycles. The Morgan fingerprint density at radius 2 is 1.53 bits per heavy atom. The van der Waals surface area contributed by atoms with Crippen molar-refractivity contribution in [2.75, 3.05) is 5.32 Å². The normalized spacial score (nSPS) is 11.7. The standard InChI is InChI=1S/C31H27FN4O2/c1-2-28(29-33-26-19-11-9-17-24(26)30(37)36(29)23-15-7-4-8-16-23)35(21-22-13-5-3-6-14-22)31(38)34-27-20-12-10-18-25(27)32/h3-20,28H,2,21H2,1H3,(H,34,38). The highest BCUT2D eigenvalue weighted by molar-refractivity contribution is 5.89. The summed E-state index contributed by atoms with van der Waals surface area (Å²) in [6, 6.07) is 31.0. The number of halogens is 1. The third-order valence-corrected chi connectivity index (χ3v) is 6.45. The largest absolute Gasteiger partial charge is 0.322 e. The number of benzene rings is 4. The Hall–Kier alpha value is -4.78. The molecule has 0 aliphatic carbocycles. The molecule has 1 unspecified atom stereocenters. The predicted octanol–water partition coefficient (Wildman–Crippen LogP) is 6.71. The molecule has 190 valence electrons. The summed E-state index contributed by atoms with van der Waals surface area (Å²) < 4.78 is 16.0. The highest BCUT2D eigenvalue weighted by Gasteiger charge is 2.30. The topological polar surface area (TPSA) is 67.2 Å². The second kappa shape index (κ2) is 11.1. The Bertz CT molecular complexity index is 1620. The molecule has 38 heavy (non-hydrogen) atoms. The first-order valence-electron chi connectivity index (χ1n) is 12.5. The lowest BCUT2D eigenvalue weighted by Crippen LogP contribution is -2.40. The molecular formula is C31H27FN4O2. The number of nitrogens with zero attached hydrogens (tertiary/aromatic N) is 3. The highest BCUT2D eigenvalue weighted by Crippen LogP contribution is 2.28. The number of nitrogens with one attached hydrogen (secondary N) is 1. The minimum Gasteiger partial charge on any atom is -0.310 e. The average molecular weight is 507 g/mol. The first kappa shape index (κ1) is 24.9. The van der Waals surface area contributed by atoms with Gasteiger partial charge < -0.3 is 10.2 Å². The van der Waals surface area contributed by atoms with Crippen molar-refractivity contribution in [1.29, 1.82) is 0 Å². The Kier molecular flexibility index (Phi) is 7.26.